The third-order valence-electron chi connectivity index (χ3n) is 6.87. The van der Waals surface area contributed by atoms with Crippen LogP contribution in [0.1, 0.15) is 25.7 Å². The number of benzene rings is 3. The standard InChI is InChI=1S/C30H34N4O8/c1-21(41-39)20-34(30(42-40)16-17-30)27-12-8-25(9-13-27)32-23-4-2-22(3-5-23)31-24-6-10-26(11-7-24)33(18-14-28(35)36)19-15-29(37)38/h2-13,31-32,39-40H,1,14-20H2,(H,35,36)(H,37,38). The molecule has 6 N–H and O–H groups in total. The number of carbonyl (C=O) groups is 2. The van der Waals surface area contributed by atoms with Crippen LogP contribution in [-0.2, 0) is 19.4 Å². The van der Waals surface area contributed by atoms with E-state index in [9.17, 15) is 14.8 Å². The first-order valence-corrected chi connectivity index (χ1v) is 13.3. The van der Waals surface area contributed by atoms with E-state index in [-0.39, 0.29) is 38.2 Å². The lowest BCUT2D eigenvalue weighted by Gasteiger charge is -2.31. The van der Waals surface area contributed by atoms with Gasteiger partial charge in [-0.3, -0.25) is 9.59 Å². The smallest absolute Gasteiger partial charge is 0.305 e. The molecule has 1 aliphatic rings. The Hall–Kier alpha value is -4.78. The highest BCUT2D eigenvalue weighted by atomic mass is 17.1. The van der Waals surface area contributed by atoms with E-state index in [1.807, 2.05) is 72.8 Å². The Morgan fingerprint density at radius 3 is 1.50 bits per heavy atom. The summed E-state index contributed by atoms with van der Waals surface area (Å²) in [7, 11) is 0. The molecule has 1 aliphatic carbocycles. The van der Waals surface area contributed by atoms with E-state index in [0.29, 0.717) is 12.8 Å². The molecule has 12 heteroatoms. The fourth-order valence-electron chi connectivity index (χ4n) is 4.48. The van der Waals surface area contributed by atoms with E-state index in [1.54, 1.807) is 9.80 Å². The molecule has 3 aromatic carbocycles. The van der Waals surface area contributed by atoms with Crippen molar-refractivity contribution < 1.29 is 40.1 Å². The van der Waals surface area contributed by atoms with Crippen LogP contribution < -0.4 is 20.4 Å². The Kier molecular flexibility index (Phi) is 9.86. The second kappa shape index (κ2) is 13.7. The maximum atomic E-state index is 11.0. The predicted octanol–water partition coefficient (Wildman–Crippen LogP) is 5.72. The molecule has 0 aliphatic heterocycles. The van der Waals surface area contributed by atoms with E-state index < -0.39 is 17.7 Å². The number of carboxylic acid groups (broad SMARTS) is 2. The van der Waals surface area contributed by atoms with Crippen molar-refractivity contribution >= 4 is 46.1 Å². The van der Waals surface area contributed by atoms with Crippen molar-refractivity contribution in [2.45, 2.75) is 31.4 Å². The van der Waals surface area contributed by atoms with Gasteiger partial charge < -0.3 is 35.5 Å². The van der Waals surface area contributed by atoms with Crippen LogP contribution >= 0.6 is 0 Å². The minimum Gasteiger partial charge on any atom is -0.481 e. The van der Waals surface area contributed by atoms with Gasteiger partial charge in [0, 0.05) is 60.1 Å². The fourth-order valence-corrected chi connectivity index (χ4v) is 4.48. The number of anilines is 6. The number of rotatable bonds is 17. The van der Waals surface area contributed by atoms with Crippen molar-refractivity contribution in [2.24, 2.45) is 0 Å². The highest BCUT2D eigenvalue weighted by Crippen LogP contribution is 2.45. The second-order valence-corrected chi connectivity index (χ2v) is 9.95. The molecular formula is C30H34N4O8. The maximum Gasteiger partial charge on any atom is 0.305 e. The summed E-state index contributed by atoms with van der Waals surface area (Å²) in [5.74, 6) is -1.75. The second-order valence-electron chi connectivity index (χ2n) is 9.95. The van der Waals surface area contributed by atoms with Gasteiger partial charge in [0.05, 0.1) is 19.4 Å². The van der Waals surface area contributed by atoms with Gasteiger partial charge in [-0.25, -0.2) is 15.4 Å². The minimum atomic E-state index is -0.939. The molecule has 222 valence electrons. The molecule has 0 atom stereocenters. The molecule has 1 fully saturated rings. The quantitative estimate of drug-likeness (QED) is 0.0500. The van der Waals surface area contributed by atoms with Gasteiger partial charge in [0.1, 0.15) is 0 Å². The maximum absolute atomic E-state index is 11.0. The van der Waals surface area contributed by atoms with Gasteiger partial charge in [0.2, 0.25) is 0 Å². The third-order valence-corrected chi connectivity index (χ3v) is 6.87. The molecule has 0 radical (unpaired) electrons. The number of hydrogen-bond acceptors (Lipinski definition) is 10. The summed E-state index contributed by atoms with van der Waals surface area (Å²) in [6.07, 6.45) is 1.09. The predicted molar refractivity (Wildman–Crippen MR) is 158 cm³/mol. The largest absolute Gasteiger partial charge is 0.481 e. The summed E-state index contributed by atoms with van der Waals surface area (Å²) in [5.41, 5.74) is 4.05. The molecular weight excluding hydrogens is 544 g/mol. The van der Waals surface area contributed by atoms with Gasteiger partial charge in [-0.2, -0.15) is 0 Å². The van der Waals surface area contributed by atoms with Crippen molar-refractivity contribution in [3.63, 3.8) is 0 Å². The molecule has 0 aromatic heterocycles. The molecule has 0 bridgehead atoms. The number of nitrogens with one attached hydrogen (secondary N) is 2. The zero-order valence-electron chi connectivity index (χ0n) is 22.9. The lowest BCUT2D eigenvalue weighted by atomic mass is 10.2. The summed E-state index contributed by atoms with van der Waals surface area (Å²) in [6.45, 7) is 4.24. The van der Waals surface area contributed by atoms with Crippen LogP contribution in [-0.4, -0.2) is 58.0 Å². The average Bonchev–Trinajstić information content (AvgIpc) is 3.79. The van der Waals surface area contributed by atoms with Gasteiger partial charge in [0.25, 0.3) is 0 Å². The lowest BCUT2D eigenvalue weighted by molar-refractivity contribution is -0.291. The van der Waals surface area contributed by atoms with Gasteiger partial charge in [-0.1, -0.05) is 6.58 Å². The number of aliphatic carboxylic acids is 2. The zero-order valence-corrected chi connectivity index (χ0v) is 22.9. The molecule has 0 heterocycles. The zero-order chi connectivity index (χ0) is 30.1. The first-order valence-electron chi connectivity index (χ1n) is 13.3. The van der Waals surface area contributed by atoms with E-state index in [1.165, 1.54) is 0 Å². The summed E-state index contributed by atoms with van der Waals surface area (Å²) >= 11 is 0. The van der Waals surface area contributed by atoms with E-state index >= 15 is 0 Å². The fraction of sp³-hybridized carbons (Fsp3) is 0.267. The normalized spacial score (nSPS) is 13.1. The van der Waals surface area contributed by atoms with Crippen molar-refractivity contribution in [3.05, 3.63) is 85.1 Å². The number of hydrogen-bond donors (Lipinski definition) is 6. The van der Waals surface area contributed by atoms with Gasteiger partial charge in [-0.15, -0.1) is 0 Å². The highest BCUT2D eigenvalue weighted by Gasteiger charge is 2.51. The third kappa shape index (κ3) is 8.13. The summed E-state index contributed by atoms with van der Waals surface area (Å²) in [6, 6.07) is 22.6. The molecule has 12 nitrogen and oxygen atoms in total. The van der Waals surface area contributed by atoms with Crippen LogP contribution in [0.5, 0.6) is 0 Å². The molecule has 42 heavy (non-hydrogen) atoms. The minimum absolute atomic E-state index is 0.0851. The van der Waals surface area contributed by atoms with E-state index in [2.05, 4.69) is 22.1 Å². The first kappa shape index (κ1) is 30.2. The Morgan fingerprint density at radius 1 is 0.738 bits per heavy atom. The monoisotopic (exact) mass is 578 g/mol. The van der Waals surface area contributed by atoms with Crippen LogP contribution in [0.3, 0.4) is 0 Å². The van der Waals surface area contributed by atoms with Crippen molar-refractivity contribution in [1.29, 1.82) is 0 Å². The summed E-state index contributed by atoms with van der Waals surface area (Å²) < 4.78 is 0. The SMILES string of the molecule is C=C(CN(c1ccc(Nc2ccc(Nc3ccc(N(CCC(=O)O)CCC(=O)O)cc3)cc2)cc1)C1(OO)CC1)OO. The first-order chi connectivity index (χ1) is 20.2. The molecule has 1 saturated carbocycles. The number of nitrogens with zero attached hydrogens (tertiary/aromatic N) is 2. The van der Waals surface area contributed by atoms with E-state index in [4.69, 9.17) is 20.4 Å². The molecule has 4 rings (SSSR count). The Morgan fingerprint density at radius 2 is 1.14 bits per heavy atom. The topological polar surface area (TPSA) is 164 Å². The van der Waals surface area contributed by atoms with Crippen molar-refractivity contribution in [1.82, 2.24) is 0 Å². The van der Waals surface area contributed by atoms with Gasteiger partial charge in [0.15, 0.2) is 11.5 Å². The highest BCUT2D eigenvalue weighted by molar-refractivity contribution is 5.71. The van der Waals surface area contributed by atoms with Crippen LogP contribution in [0.4, 0.5) is 34.1 Å². The van der Waals surface area contributed by atoms with Crippen LogP contribution in [0.15, 0.2) is 85.1 Å². The molecule has 0 saturated heterocycles. The van der Waals surface area contributed by atoms with Crippen molar-refractivity contribution in [2.75, 3.05) is 40.1 Å². The molecule has 0 amide bonds. The Labute approximate surface area is 242 Å². The summed E-state index contributed by atoms with van der Waals surface area (Å²) in [4.78, 5) is 34.5. The molecule has 3 aromatic rings. The van der Waals surface area contributed by atoms with E-state index in [0.717, 1.165) is 34.1 Å². The Balaban J connectivity index is 1.35. The van der Waals surface area contributed by atoms with Crippen LogP contribution in [0.25, 0.3) is 0 Å². The molecule has 0 spiro atoms. The lowest BCUT2D eigenvalue weighted by Crippen LogP contribution is -2.40. The average molecular weight is 579 g/mol. The van der Waals surface area contributed by atoms with Crippen LogP contribution in [0.2, 0.25) is 0 Å². The molecule has 0 unspecified atom stereocenters. The Bertz CT molecular complexity index is 1340. The van der Waals surface area contributed by atoms with Gasteiger partial charge in [-0.05, 0) is 72.8 Å². The van der Waals surface area contributed by atoms with Crippen LogP contribution in [0, 0.1) is 0 Å². The summed E-state index contributed by atoms with van der Waals surface area (Å²) in [5, 5.41) is 43.0. The number of carboxylic acids is 2. The van der Waals surface area contributed by atoms with Gasteiger partial charge >= 0.3 is 11.9 Å². The van der Waals surface area contributed by atoms with Crippen molar-refractivity contribution in [3.8, 4) is 0 Å².